The van der Waals surface area contributed by atoms with Gasteiger partial charge in [-0.25, -0.2) is 0 Å². The van der Waals surface area contributed by atoms with Crippen molar-refractivity contribution in [3.05, 3.63) is 29.8 Å². The van der Waals surface area contributed by atoms with Gasteiger partial charge in [-0.3, -0.25) is 4.79 Å². The molecule has 112 valence electrons. The summed E-state index contributed by atoms with van der Waals surface area (Å²) in [6, 6.07) is 7.51. The minimum Gasteiger partial charge on any atom is -0.385 e. The number of ether oxygens (including phenoxy) is 2. The Labute approximate surface area is 120 Å². The highest BCUT2D eigenvalue weighted by Gasteiger charge is 2.09. The van der Waals surface area contributed by atoms with Gasteiger partial charge in [0.15, 0.2) is 0 Å². The molecule has 2 N–H and O–H groups in total. The van der Waals surface area contributed by atoms with E-state index in [9.17, 15) is 4.79 Å². The van der Waals surface area contributed by atoms with E-state index in [0.717, 1.165) is 18.7 Å². The van der Waals surface area contributed by atoms with E-state index in [-0.39, 0.29) is 5.91 Å². The van der Waals surface area contributed by atoms with Crippen LogP contribution in [0.3, 0.4) is 0 Å². The molecule has 0 aliphatic carbocycles. The summed E-state index contributed by atoms with van der Waals surface area (Å²) in [6.45, 7) is 5.21. The van der Waals surface area contributed by atoms with E-state index < -0.39 is 0 Å². The second-order valence-corrected chi connectivity index (χ2v) is 4.29. The summed E-state index contributed by atoms with van der Waals surface area (Å²) in [4.78, 5) is 12.1. The molecule has 0 heterocycles. The third kappa shape index (κ3) is 6.04. The summed E-state index contributed by atoms with van der Waals surface area (Å²) in [5, 5.41) is 6.08. The topological polar surface area (TPSA) is 59.6 Å². The van der Waals surface area contributed by atoms with Crippen molar-refractivity contribution in [2.24, 2.45) is 0 Å². The standard InChI is InChI=1S/C15H24N2O3/c1-3-16-14-8-5-4-7-13(14)15(18)17-9-6-10-20-12-11-19-2/h4-5,7-8,16H,3,6,9-12H2,1-2H3,(H,17,18). The van der Waals surface area contributed by atoms with Gasteiger partial charge < -0.3 is 20.1 Å². The molecule has 0 spiro atoms. The van der Waals surface area contributed by atoms with Crippen LogP contribution in [-0.2, 0) is 9.47 Å². The Morgan fingerprint density at radius 2 is 2.00 bits per heavy atom. The zero-order valence-corrected chi connectivity index (χ0v) is 12.3. The molecule has 1 aromatic rings. The quantitative estimate of drug-likeness (QED) is 0.643. The van der Waals surface area contributed by atoms with Gasteiger partial charge in [0, 0.05) is 32.5 Å². The molecule has 0 fully saturated rings. The molecule has 5 heteroatoms. The number of anilines is 1. The third-order valence-corrected chi connectivity index (χ3v) is 2.72. The number of para-hydroxylation sites is 1. The van der Waals surface area contributed by atoms with Crippen LogP contribution in [0.2, 0.25) is 0 Å². The third-order valence-electron chi connectivity index (χ3n) is 2.72. The van der Waals surface area contributed by atoms with Gasteiger partial charge in [0.1, 0.15) is 0 Å². The van der Waals surface area contributed by atoms with Crippen molar-refractivity contribution in [1.29, 1.82) is 0 Å². The van der Waals surface area contributed by atoms with E-state index in [1.807, 2.05) is 31.2 Å². The van der Waals surface area contributed by atoms with Gasteiger partial charge in [-0.15, -0.1) is 0 Å². The number of carbonyl (C=O) groups is 1. The molecule has 0 aromatic heterocycles. The molecule has 20 heavy (non-hydrogen) atoms. The number of amides is 1. The summed E-state index contributed by atoms with van der Waals surface area (Å²) in [7, 11) is 1.64. The number of methoxy groups -OCH3 is 1. The van der Waals surface area contributed by atoms with Gasteiger partial charge in [-0.1, -0.05) is 12.1 Å². The fraction of sp³-hybridized carbons (Fsp3) is 0.533. The average molecular weight is 280 g/mol. The maximum Gasteiger partial charge on any atom is 0.253 e. The van der Waals surface area contributed by atoms with E-state index in [1.165, 1.54) is 0 Å². The van der Waals surface area contributed by atoms with E-state index in [0.29, 0.717) is 31.9 Å². The van der Waals surface area contributed by atoms with Crippen molar-refractivity contribution in [3.8, 4) is 0 Å². The minimum absolute atomic E-state index is 0.0570. The molecule has 0 bridgehead atoms. The highest BCUT2D eigenvalue weighted by molar-refractivity contribution is 5.99. The van der Waals surface area contributed by atoms with Gasteiger partial charge in [-0.05, 0) is 25.5 Å². The van der Waals surface area contributed by atoms with Crippen LogP contribution in [0.4, 0.5) is 5.69 Å². The van der Waals surface area contributed by atoms with Crippen molar-refractivity contribution in [2.75, 3.05) is 45.3 Å². The summed E-state index contributed by atoms with van der Waals surface area (Å²) in [5.74, 6) is -0.0570. The van der Waals surface area contributed by atoms with Gasteiger partial charge in [-0.2, -0.15) is 0 Å². The van der Waals surface area contributed by atoms with E-state index in [4.69, 9.17) is 9.47 Å². The Morgan fingerprint density at radius 1 is 1.20 bits per heavy atom. The first-order chi connectivity index (χ1) is 9.79. The number of nitrogens with one attached hydrogen (secondary N) is 2. The predicted octanol–water partition coefficient (Wildman–Crippen LogP) is 1.90. The lowest BCUT2D eigenvalue weighted by Crippen LogP contribution is -2.26. The summed E-state index contributed by atoms with van der Waals surface area (Å²) in [6.07, 6.45) is 0.791. The lowest BCUT2D eigenvalue weighted by molar-refractivity contribution is 0.0688. The summed E-state index contributed by atoms with van der Waals surface area (Å²) >= 11 is 0. The van der Waals surface area contributed by atoms with Gasteiger partial charge in [0.05, 0.1) is 18.8 Å². The van der Waals surface area contributed by atoms with Gasteiger partial charge >= 0.3 is 0 Å². The summed E-state index contributed by atoms with van der Waals surface area (Å²) in [5.41, 5.74) is 1.54. The molecule has 1 aromatic carbocycles. The average Bonchev–Trinajstić information content (AvgIpc) is 2.47. The molecular weight excluding hydrogens is 256 g/mol. The van der Waals surface area contributed by atoms with Crippen molar-refractivity contribution in [1.82, 2.24) is 5.32 Å². The van der Waals surface area contributed by atoms with Crippen molar-refractivity contribution in [2.45, 2.75) is 13.3 Å². The van der Waals surface area contributed by atoms with Crippen LogP contribution in [0.15, 0.2) is 24.3 Å². The normalized spacial score (nSPS) is 10.3. The smallest absolute Gasteiger partial charge is 0.253 e. The van der Waals surface area contributed by atoms with Gasteiger partial charge in [0.25, 0.3) is 5.91 Å². The highest BCUT2D eigenvalue weighted by atomic mass is 16.5. The maximum atomic E-state index is 12.1. The molecule has 5 nitrogen and oxygen atoms in total. The molecular formula is C15H24N2O3. The first-order valence-corrected chi connectivity index (χ1v) is 6.97. The first kappa shape index (κ1) is 16.5. The number of rotatable bonds is 10. The number of hydrogen-bond donors (Lipinski definition) is 2. The Hall–Kier alpha value is -1.59. The number of carbonyl (C=O) groups excluding carboxylic acids is 1. The van der Waals surface area contributed by atoms with Crippen LogP contribution in [0.5, 0.6) is 0 Å². The molecule has 0 unspecified atom stereocenters. The van der Waals surface area contributed by atoms with Crippen LogP contribution in [0.25, 0.3) is 0 Å². The van der Waals surface area contributed by atoms with Crippen LogP contribution >= 0.6 is 0 Å². The van der Waals surface area contributed by atoms with Gasteiger partial charge in [0.2, 0.25) is 0 Å². The zero-order chi connectivity index (χ0) is 14.6. The molecule has 0 atom stereocenters. The van der Waals surface area contributed by atoms with Crippen LogP contribution in [0, 0.1) is 0 Å². The molecule has 0 saturated heterocycles. The SMILES string of the molecule is CCNc1ccccc1C(=O)NCCCOCCOC. The lowest BCUT2D eigenvalue weighted by Gasteiger charge is -2.11. The maximum absolute atomic E-state index is 12.1. The van der Waals surface area contributed by atoms with E-state index in [1.54, 1.807) is 7.11 Å². The largest absolute Gasteiger partial charge is 0.385 e. The molecule has 0 aliphatic heterocycles. The van der Waals surface area contributed by atoms with Crippen LogP contribution in [-0.4, -0.2) is 45.9 Å². The fourth-order valence-electron chi connectivity index (χ4n) is 1.74. The second kappa shape index (κ2) is 10.2. The monoisotopic (exact) mass is 280 g/mol. The number of hydrogen-bond acceptors (Lipinski definition) is 4. The van der Waals surface area contributed by atoms with E-state index in [2.05, 4.69) is 10.6 Å². The Kier molecular flexibility index (Phi) is 8.42. The summed E-state index contributed by atoms with van der Waals surface area (Å²) < 4.78 is 10.2. The zero-order valence-electron chi connectivity index (χ0n) is 12.3. The van der Waals surface area contributed by atoms with Crippen molar-refractivity contribution >= 4 is 11.6 Å². The Bertz CT molecular complexity index is 396. The second-order valence-electron chi connectivity index (χ2n) is 4.29. The Morgan fingerprint density at radius 3 is 2.75 bits per heavy atom. The lowest BCUT2D eigenvalue weighted by atomic mass is 10.1. The molecule has 1 amide bonds. The van der Waals surface area contributed by atoms with Crippen molar-refractivity contribution < 1.29 is 14.3 Å². The van der Waals surface area contributed by atoms with Crippen molar-refractivity contribution in [3.63, 3.8) is 0 Å². The first-order valence-electron chi connectivity index (χ1n) is 6.97. The molecule has 0 aliphatic rings. The molecule has 0 radical (unpaired) electrons. The highest BCUT2D eigenvalue weighted by Crippen LogP contribution is 2.14. The van der Waals surface area contributed by atoms with Crippen LogP contribution in [0.1, 0.15) is 23.7 Å². The molecule has 1 rings (SSSR count). The molecule has 0 saturated carbocycles. The minimum atomic E-state index is -0.0570. The predicted molar refractivity (Wildman–Crippen MR) is 80.3 cm³/mol. The van der Waals surface area contributed by atoms with Crippen LogP contribution < -0.4 is 10.6 Å². The Balaban J connectivity index is 2.29. The number of benzene rings is 1. The fourth-order valence-corrected chi connectivity index (χ4v) is 1.74. The van der Waals surface area contributed by atoms with E-state index >= 15 is 0 Å².